The fourth-order valence-corrected chi connectivity index (χ4v) is 4.77. The third kappa shape index (κ3) is 3.96. The number of ether oxygens (including phenoxy) is 2. The zero-order valence-electron chi connectivity index (χ0n) is 15.7. The summed E-state index contributed by atoms with van der Waals surface area (Å²) in [5.41, 5.74) is 1.39. The molecule has 0 aromatic heterocycles. The first kappa shape index (κ1) is 17.8. The van der Waals surface area contributed by atoms with Crippen LogP contribution < -0.4 is 4.74 Å². The number of fused-ring (bicyclic) bond motifs is 1. The van der Waals surface area contributed by atoms with E-state index in [4.69, 9.17) is 9.47 Å². The molecule has 2 aliphatic carbocycles. The molecule has 2 heteroatoms. The van der Waals surface area contributed by atoms with Crippen molar-refractivity contribution in [2.45, 2.75) is 77.9 Å². The average Bonchev–Trinajstić information content (AvgIpc) is 3.05. The molecule has 5 atom stereocenters. The van der Waals surface area contributed by atoms with Gasteiger partial charge >= 0.3 is 0 Å². The van der Waals surface area contributed by atoms with E-state index in [9.17, 15) is 0 Å². The molecule has 2 fully saturated rings. The van der Waals surface area contributed by atoms with Gasteiger partial charge in [0.1, 0.15) is 5.75 Å². The van der Waals surface area contributed by atoms with Crippen molar-refractivity contribution in [2.75, 3.05) is 6.61 Å². The van der Waals surface area contributed by atoms with Crippen LogP contribution in [-0.2, 0) is 4.74 Å². The van der Waals surface area contributed by atoms with Crippen molar-refractivity contribution in [3.8, 4) is 5.75 Å². The molecular formula is C22H34O2. The molecule has 0 bridgehead atoms. The summed E-state index contributed by atoms with van der Waals surface area (Å²) in [7, 11) is 0. The first-order valence-electron chi connectivity index (χ1n) is 10.1. The normalized spacial score (nSPS) is 29.0. The Balaban J connectivity index is 1.67. The molecule has 3 rings (SSSR count). The highest BCUT2D eigenvalue weighted by Crippen LogP contribution is 2.48. The molecule has 2 saturated carbocycles. The Hall–Kier alpha value is -1.02. The van der Waals surface area contributed by atoms with Crippen LogP contribution in [0.15, 0.2) is 24.3 Å². The van der Waals surface area contributed by atoms with E-state index in [1.807, 2.05) is 0 Å². The first-order chi connectivity index (χ1) is 11.7. The van der Waals surface area contributed by atoms with Gasteiger partial charge in [0.2, 0.25) is 6.29 Å². The van der Waals surface area contributed by atoms with E-state index >= 15 is 0 Å². The topological polar surface area (TPSA) is 18.5 Å². The predicted molar refractivity (Wildman–Crippen MR) is 99.4 cm³/mol. The maximum Gasteiger partial charge on any atom is 0.202 e. The molecule has 0 aliphatic heterocycles. The molecule has 0 amide bonds. The van der Waals surface area contributed by atoms with Crippen LogP contribution >= 0.6 is 0 Å². The average molecular weight is 331 g/mol. The van der Waals surface area contributed by atoms with Crippen molar-refractivity contribution in [2.24, 2.45) is 17.8 Å². The smallest absolute Gasteiger partial charge is 0.202 e. The summed E-state index contributed by atoms with van der Waals surface area (Å²) < 4.78 is 12.4. The molecule has 2 aliphatic rings. The van der Waals surface area contributed by atoms with Crippen molar-refractivity contribution in [1.82, 2.24) is 0 Å². The summed E-state index contributed by atoms with van der Waals surface area (Å²) in [6.07, 6.45) is 9.34. The van der Waals surface area contributed by atoms with E-state index < -0.39 is 0 Å². The van der Waals surface area contributed by atoms with Crippen molar-refractivity contribution >= 4 is 0 Å². The minimum Gasteiger partial charge on any atom is -0.465 e. The van der Waals surface area contributed by atoms with E-state index in [-0.39, 0.29) is 6.29 Å². The highest BCUT2D eigenvalue weighted by Gasteiger charge is 2.42. The van der Waals surface area contributed by atoms with Gasteiger partial charge < -0.3 is 9.47 Å². The van der Waals surface area contributed by atoms with Gasteiger partial charge in [0.25, 0.3) is 0 Å². The summed E-state index contributed by atoms with van der Waals surface area (Å²) in [6.45, 7) is 7.32. The number of rotatable bonds is 7. The number of hydrogen-bond acceptors (Lipinski definition) is 2. The quantitative estimate of drug-likeness (QED) is 0.558. The Morgan fingerprint density at radius 2 is 1.75 bits per heavy atom. The Labute approximate surface area is 147 Å². The molecule has 0 radical (unpaired) electrons. The van der Waals surface area contributed by atoms with Gasteiger partial charge in [0.05, 0.1) is 0 Å². The standard InChI is InChI=1S/C22H34O2/c1-4-16(3)17-10-13-19(14-11-17)24-22(23-5-2)21-15-12-18-8-6-7-9-20(18)21/h10-11,13-14,16,18,20-22H,4-9,12,15H2,1-3H3. The first-order valence-corrected chi connectivity index (χ1v) is 10.1. The van der Waals surface area contributed by atoms with Crippen LogP contribution in [-0.4, -0.2) is 12.9 Å². The molecule has 1 aromatic carbocycles. The SMILES string of the molecule is CCOC(Oc1ccc(C(C)CC)cc1)C1CCC2CCCCC21. The number of hydrogen-bond donors (Lipinski definition) is 0. The fraction of sp³-hybridized carbons (Fsp3) is 0.727. The van der Waals surface area contributed by atoms with E-state index in [1.54, 1.807) is 0 Å². The van der Waals surface area contributed by atoms with E-state index in [2.05, 4.69) is 45.0 Å². The Kier molecular flexibility index (Phi) is 6.21. The largest absolute Gasteiger partial charge is 0.465 e. The minimum absolute atomic E-state index is 0.0717. The number of benzene rings is 1. The second-order valence-corrected chi connectivity index (χ2v) is 7.77. The van der Waals surface area contributed by atoms with Crippen LogP contribution in [0.3, 0.4) is 0 Å². The van der Waals surface area contributed by atoms with E-state index in [1.165, 1.54) is 50.5 Å². The van der Waals surface area contributed by atoms with Crippen LogP contribution in [0, 0.1) is 17.8 Å². The lowest BCUT2D eigenvalue weighted by Crippen LogP contribution is -2.34. The molecule has 5 unspecified atom stereocenters. The third-order valence-corrected chi connectivity index (χ3v) is 6.38. The van der Waals surface area contributed by atoms with Gasteiger partial charge in [-0.1, -0.05) is 45.2 Å². The minimum atomic E-state index is -0.0717. The van der Waals surface area contributed by atoms with Crippen LogP contribution in [0.25, 0.3) is 0 Å². The Morgan fingerprint density at radius 3 is 2.46 bits per heavy atom. The maximum atomic E-state index is 6.33. The van der Waals surface area contributed by atoms with E-state index in [0.29, 0.717) is 11.8 Å². The van der Waals surface area contributed by atoms with Crippen LogP contribution in [0.2, 0.25) is 0 Å². The van der Waals surface area contributed by atoms with Crippen LogP contribution in [0.4, 0.5) is 0 Å². The lowest BCUT2D eigenvalue weighted by molar-refractivity contribution is -0.124. The second-order valence-electron chi connectivity index (χ2n) is 7.77. The van der Waals surface area contributed by atoms with Crippen molar-refractivity contribution in [1.29, 1.82) is 0 Å². The molecular weight excluding hydrogens is 296 g/mol. The summed E-state index contributed by atoms with van der Waals surface area (Å²) in [4.78, 5) is 0. The van der Waals surface area contributed by atoms with Gasteiger partial charge in [-0.3, -0.25) is 0 Å². The summed E-state index contributed by atoms with van der Waals surface area (Å²) >= 11 is 0. The lowest BCUT2D eigenvalue weighted by atomic mass is 9.78. The Bertz CT molecular complexity index is 495. The van der Waals surface area contributed by atoms with Crippen LogP contribution in [0.1, 0.15) is 77.2 Å². The second kappa shape index (κ2) is 8.38. The molecule has 2 nitrogen and oxygen atoms in total. The lowest BCUT2D eigenvalue weighted by Gasteiger charge is -2.33. The van der Waals surface area contributed by atoms with Gasteiger partial charge in [-0.2, -0.15) is 0 Å². The summed E-state index contributed by atoms with van der Waals surface area (Å²) in [5, 5.41) is 0. The highest BCUT2D eigenvalue weighted by molar-refractivity contribution is 5.29. The van der Waals surface area contributed by atoms with Gasteiger partial charge in [0.15, 0.2) is 0 Å². The molecule has 134 valence electrons. The zero-order valence-corrected chi connectivity index (χ0v) is 15.7. The summed E-state index contributed by atoms with van der Waals surface area (Å²) in [5.74, 6) is 3.88. The molecule has 0 saturated heterocycles. The van der Waals surface area contributed by atoms with Gasteiger partial charge in [-0.25, -0.2) is 0 Å². The van der Waals surface area contributed by atoms with E-state index in [0.717, 1.165) is 24.2 Å². The van der Waals surface area contributed by atoms with Crippen molar-refractivity contribution in [3.63, 3.8) is 0 Å². The van der Waals surface area contributed by atoms with Gasteiger partial charge in [0, 0.05) is 12.5 Å². The summed E-state index contributed by atoms with van der Waals surface area (Å²) in [6, 6.07) is 8.68. The predicted octanol–water partition coefficient (Wildman–Crippen LogP) is 6.16. The molecule has 1 aromatic rings. The van der Waals surface area contributed by atoms with Crippen molar-refractivity contribution in [3.05, 3.63) is 29.8 Å². The molecule has 0 heterocycles. The highest BCUT2D eigenvalue weighted by atomic mass is 16.7. The van der Waals surface area contributed by atoms with Gasteiger partial charge in [-0.05, 0) is 68.1 Å². The molecule has 24 heavy (non-hydrogen) atoms. The van der Waals surface area contributed by atoms with Gasteiger partial charge in [-0.15, -0.1) is 0 Å². The Morgan fingerprint density at radius 1 is 1.00 bits per heavy atom. The van der Waals surface area contributed by atoms with Crippen LogP contribution in [0.5, 0.6) is 5.75 Å². The zero-order chi connectivity index (χ0) is 16.9. The molecule has 0 spiro atoms. The maximum absolute atomic E-state index is 6.33. The van der Waals surface area contributed by atoms with Crippen molar-refractivity contribution < 1.29 is 9.47 Å². The molecule has 0 N–H and O–H groups in total. The third-order valence-electron chi connectivity index (χ3n) is 6.38. The fourth-order valence-electron chi connectivity index (χ4n) is 4.77. The monoisotopic (exact) mass is 330 g/mol.